The quantitative estimate of drug-likeness (QED) is 0.844. The van der Waals surface area contributed by atoms with Crippen LogP contribution in [0.1, 0.15) is 24.4 Å². The smallest absolute Gasteiger partial charge is 0.389 e. The van der Waals surface area contributed by atoms with Gasteiger partial charge in [-0.25, -0.2) is 4.39 Å². The average Bonchev–Trinajstić information content (AvgIpc) is 2.49. The highest BCUT2D eigenvalue weighted by atomic mass is 19.4. The Kier molecular flexibility index (Phi) is 5.63. The average molecular weight is 320 g/mol. The van der Waals surface area contributed by atoms with Gasteiger partial charge < -0.3 is 10.1 Å². The predicted octanol–water partition coefficient (Wildman–Crippen LogP) is 3.12. The van der Waals surface area contributed by atoms with Crippen LogP contribution < -0.4 is 10.1 Å². The zero-order valence-corrected chi connectivity index (χ0v) is 12.4. The molecule has 1 aliphatic rings. The van der Waals surface area contributed by atoms with E-state index >= 15 is 0 Å². The summed E-state index contributed by atoms with van der Waals surface area (Å²) in [6.45, 7) is 2.81. The third kappa shape index (κ3) is 4.58. The van der Waals surface area contributed by atoms with Crippen LogP contribution in [0.25, 0.3) is 0 Å². The van der Waals surface area contributed by atoms with E-state index in [-0.39, 0.29) is 12.2 Å². The Morgan fingerprint density at radius 2 is 1.95 bits per heavy atom. The molecule has 0 amide bonds. The maximum absolute atomic E-state index is 13.5. The number of rotatable bonds is 5. The molecule has 0 aliphatic carbocycles. The molecule has 1 saturated heterocycles. The molecule has 3 nitrogen and oxygen atoms in total. The summed E-state index contributed by atoms with van der Waals surface area (Å²) in [5.74, 6) is -0.453. The van der Waals surface area contributed by atoms with Gasteiger partial charge in [0.1, 0.15) is 0 Å². The van der Waals surface area contributed by atoms with E-state index < -0.39 is 24.5 Å². The lowest BCUT2D eigenvalue weighted by Gasteiger charge is -2.35. The van der Waals surface area contributed by atoms with Crippen LogP contribution in [0.15, 0.2) is 18.2 Å². The van der Waals surface area contributed by atoms with Gasteiger partial charge in [-0.1, -0.05) is 6.07 Å². The van der Waals surface area contributed by atoms with E-state index in [0.29, 0.717) is 18.7 Å². The fraction of sp³-hybridized carbons (Fsp3) is 0.600. The van der Waals surface area contributed by atoms with Crippen molar-refractivity contribution < 1.29 is 22.3 Å². The van der Waals surface area contributed by atoms with E-state index in [1.54, 1.807) is 6.07 Å². The topological polar surface area (TPSA) is 24.5 Å². The van der Waals surface area contributed by atoms with Crippen LogP contribution in [0.5, 0.6) is 5.75 Å². The number of hydrogen-bond donors (Lipinski definition) is 1. The molecule has 1 fully saturated rings. The van der Waals surface area contributed by atoms with E-state index in [9.17, 15) is 17.6 Å². The Hall–Kier alpha value is -1.34. The summed E-state index contributed by atoms with van der Waals surface area (Å²) >= 11 is 0. The minimum atomic E-state index is -4.20. The van der Waals surface area contributed by atoms with Crippen molar-refractivity contribution in [1.29, 1.82) is 0 Å². The number of nitrogens with one attached hydrogen (secondary N) is 1. The number of alkyl halides is 3. The Bertz CT molecular complexity index is 487. The van der Waals surface area contributed by atoms with Crippen molar-refractivity contribution in [1.82, 2.24) is 10.2 Å². The lowest BCUT2D eigenvalue weighted by Crippen LogP contribution is -2.45. The Labute approximate surface area is 127 Å². The van der Waals surface area contributed by atoms with Crippen molar-refractivity contribution in [3.05, 3.63) is 29.6 Å². The Morgan fingerprint density at radius 3 is 2.55 bits per heavy atom. The van der Waals surface area contributed by atoms with Crippen molar-refractivity contribution in [2.45, 2.75) is 25.1 Å². The molecule has 1 aliphatic heterocycles. The van der Waals surface area contributed by atoms with Crippen molar-refractivity contribution in [3.8, 4) is 5.75 Å². The lowest BCUT2D eigenvalue weighted by atomic mass is 9.99. The summed E-state index contributed by atoms with van der Waals surface area (Å²) in [4.78, 5) is 2.01. The van der Waals surface area contributed by atoms with Gasteiger partial charge in [0.25, 0.3) is 0 Å². The molecule has 0 radical (unpaired) electrons. The van der Waals surface area contributed by atoms with Gasteiger partial charge in [0.05, 0.1) is 7.11 Å². The zero-order valence-electron chi connectivity index (χ0n) is 12.4. The van der Waals surface area contributed by atoms with Gasteiger partial charge in [0.15, 0.2) is 11.6 Å². The van der Waals surface area contributed by atoms with Gasteiger partial charge in [-0.15, -0.1) is 0 Å². The van der Waals surface area contributed by atoms with Gasteiger partial charge in [-0.3, -0.25) is 4.90 Å². The summed E-state index contributed by atoms with van der Waals surface area (Å²) in [6.07, 6.45) is -5.10. The number of piperazine rings is 1. The SMILES string of the molecule is COc1cc([C@H](CCC(F)(F)F)N2CCNCC2)ccc1F. The van der Waals surface area contributed by atoms with Gasteiger partial charge in [0.2, 0.25) is 0 Å². The second kappa shape index (κ2) is 7.28. The maximum atomic E-state index is 13.5. The second-order valence-corrected chi connectivity index (χ2v) is 5.35. The monoisotopic (exact) mass is 320 g/mol. The largest absolute Gasteiger partial charge is 0.494 e. The first kappa shape index (κ1) is 17.0. The number of ether oxygens (including phenoxy) is 1. The first-order valence-corrected chi connectivity index (χ1v) is 7.25. The minimum Gasteiger partial charge on any atom is -0.494 e. The molecule has 1 atom stereocenters. The highest BCUT2D eigenvalue weighted by Crippen LogP contribution is 2.33. The van der Waals surface area contributed by atoms with Crippen LogP contribution in [0.3, 0.4) is 0 Å². The second-order valence-electron chi connectivity index (χ2n) is 5.35. The fourth-order valence-corrected chi connectivity index (χ4v) is 2.74. The number of halogens is 4. The summed E-state index contributed by atoms with van der Waals surface area (Å²) < 4.78 is 56.2. The van der Waals surface area contributed by atoms with Crippen molar-refractivity contribution >= 4 is 0 Å². The molecule has 0 aromatic heterocycles. The molecule has 124 valence electrons. The van der Waals surface area contributed by atoms with E-state index in [1.165, 1.54) is 19.2 Å². The van der Waals surface area contributed by atoms with Crippen molar-refractivity contribution in [3.63, 3.8) is 0 Å². The van der Waals surface area contributed by atoms with Gasteiger partial charge in [-0.05, 0) is 24.1 Å². The molecule has 0 bridgehead atoms. The summed E-state index contributed by atoms with van der Waals surface area (Å²) in [5.41, 5.74) is 0.657. The van der Waals surface area contributed by atoms with E-state index in [4.69, 9.17) is 4.74 Å². The standard InChI is InChI=1S/C15H20F4N2O/c1-22-14-10-11(2-3-12(14)16)13(4-5-15(17,18)19)21-8-6-20-7-9-21/h2-3,10,13,20H,4-9H2,1H3/t13-/m0/s1. The molecule has 22 heavy (non-hydrogen) atoms. The Balaban J connectivity index is 2.22. The normalized spacial score (nSPS) is 18.2. The van der Waals surface area contributed by atoms with E-state index in [2.05, 4.69) is 5.32 Å². The third-order valence-electron chi connectivity index (χ3n) is 3.85. The maximum Gasteiger partial charge on any atom is 0.389 e. The number of hydrogen-bond acceptors (Lipinski definition) is 3. The summed E-state index contributed by atoms with van der Waals surface area (Å²) in [5, 5.41) is 3.18. The highest BCUT2D eigenvalue weighted by molar-refractivity contribution is 5.32. The first-order valence-electron chi connectivity index (χ1n) is 7.25. The number of nitrogens with zero attached hydrogens (tertiary/aromatic N) is 1. The van der Waals surface area contributed by atoms with Crippen molar-refractivity contribution in [2.24, 2.45) is 0 Å². The molecule has 0 spiro atoms. The lowest BCUT2D eigenvalue weighted by molar-refractivity contribution is -0.138. The van der Waals surface area contributed by atoms with Crippen LogP contribution in [-0.2, 0) is 0 Å². The van der Waals surface area contributed by atoms with Crippen LogP contribution in [0, 0.1) is 5.82 Å². The Morgan fingerprint density at radius 1 is 1.27 bits per heavy atom. The third-order valence-corrected chi connectivity index (χ3v) is 3.85. The van der Waals surface area contributed by atoms with Crippen LogP contribution in [0.2, 0.25) is 0 Å². The van der Waals surface area contributed by atoms with Gasteiger partial charge >= 0.3 is 6.18 Å². The molecule has 2 rings (SSSR count). The number of methoxy groups -OCH3 is 1. The summed E-state index contributed by atoms with van der Waals surface area (Å²) in [7, 11) is 1.34. The zero-order chi connectivity index (χ0) is 16.2. The predicted molar refractivity (Wildman–Crippen MR) is 75.4 cm³/mol. The molecule has 1 aromatic carbocycles. The van der Waals surface area contributed by atoms with Gasteiger partial charge in [-0.2, -0.15) is 13.2 Å². The van der Waals surface area contributed by atoms with Crippen molar-refractivity contribution in [2.75, 3.05) is 33.3 Å². The molecule has 0 unspecified atom stereocenters. The van der Waals surface area contributed by atoms with Crippen LogP contribution >= 0.6 is 0 Å². The number of benzene rings is 1. The minimum absolute atomic E-state index is 0.0434. The van der Waals surface area contributed by atoms with Crippen LogP contribution in [0.4, 0.5) is 17.6 Å². The van der Waals surface area contributed by atoms with Gasteiger partial charge in [0, 0.05) is 38.6 Å². The fourth-order valence-electron chi connectivity index (χ4n) is 2.74. The molecular weight excluding hydrogens is 300 g/mol. The highest BCUT2D eigenvalue weighted by Gasteiger charge is 2.31. The molecule has 1 N–H and O–H groups in total. The molecule has 7 heteroatoms. The summed E-state index contributed by atoms with van der Waals surface area (Å²) in [6, 6.07) is 3.90. The molecular formula is C15H20F4N2O. The van der Waals surface area contributed by atoms with E-state index in [0.717, 1.165) is 13.1 Å². The van der Waals surface area contributed by atoms with E-state index in [1.807, 2.05) is 4.90 Å². The molecule has 1 aromatic rings. The first-order chi connectivity index (χ1) is 10.4. The molecule has 1 heterocycles. The molecule has 0 saturated carbocycles. The van der Waals surface area contributed by atoms with Crippen LogP contribution in [-0.4, -0.2) is 44.4 Å².